The molecule has 1 amide bonds. The lowest BCUT2D eigenvalue weighted by Crippen LogP contribution is -2.31. The number of carbonyl (C=O) groups excluding carboxylic acids is 1. The zero-order valence-corrected chi connectivity index (χ0v) is 27.7. The van der Waals surface area contributed by atoms with Gasteiger partial charge in [-0.15, -0.1) is 0 Å². The van der Waals surface area contributed by atoms with Gasteiger partial charge in [0.15, 0.2) is 11.6 Å². The van der Waals surface area contributed by atoms with Crippen molar-refractivity contribution < 1.29 is 18.7 Å². The van der Waals surface area contributed by atoms with Gasteiger partial charge in [-0.05, 0) is 119 Å². The molecule has 3 aromatic carbocycles. The van der Waals surface area contributed by atoms with E-state index in [1.807, 2.05) is 51.1 Å². The van der Waals surface area contributed by atoms with E-state index in [-0.39, 0.29) is 17.6 Å². The van der Waals surface area contributed by atoms with E-state index in [1.54, 1.807) is 25.2 Å². The summed E-state index contributed by atoms with van der Waals surface area (Å²) in [6, 6.07) is 16.2. The van der Waals surface area contributed by atoms with Crippen molar-refractivity contribution in [1.82, 2.24) is 14.9 Å². The zero-order valence-electron chi connectivity index (χ0n) is 27.7. The monoisotopic (exact) mass is 625 g/mol. The maximum Gasteiger partial charge on any atom is 0.420 e. The van der Waals surface area contributed by atoms with Crippen LogP contribution in [-0.4, -0.2) is 54.2 Å². The second-order valence-corrected chi connectivity index (χ2v) is 12.2. The fourth-order valence-corrected chi connectivity index (χ4v) is 5.79. The van der Waals surface area contributed by atoms with Crippen molar-refractivity contribution in [3.8, 4) is 22.9 Å². The summed E-state index contributed by atoms with van der Waals surface area (Å²) in [7, 11) is 1.66. The Bertz CT molecular complexity index is 1680. The van der Waals surface area contributed by atoms with Crippen molar-refractivity contribution in [2.75, 3.05) is 43.5 Å². The highest BCUT2D eigenvalue weighted by Crippen LogP contribution is 2.31. The molecule has 0 bridgehead atoms. The SMILES string of the molecule is Cc1cc(C)cc(N(C)C(=O)Oc2cc(-c3ccc(C)c(C)c3C)nc(Nc3ccc(OCCCN4CCCCC4)c(F)c3)n2)c1. The highest BCUT2D eigenvalue weighted by atomic mass is 19.1. The van der Waals surface area contributed by atoms with Gasteiger partial charge in [0.05, 0.1) is 12.3 Å². The Morgan fingerprint density at radius 3 is 2.37 bits per heavy atom. The molecule has 4 aromatic rings. The van der Waals surface area contributed by atoms with Gasteiger partial charge in [-0.3, -0.25) is 4.90 Å². The number of benzene rings is 3. The van der Waals surface area contributed by atoms with Crippen LogP contribution in [0.2, 0.25) is 0 Å². The first-order chi connectivity index (χ1) is 22.1. The molecule has 0 unspecified atom stereocenters. The van der Waals surface area contributed by atoms with Crippen LogP contribution >= 0.6 is 0 Å². The van der Waals surface area contributed by atoms with Crippen molar-refractivity contribution in [1.29, 1.82) is 0 Å². The minimum atomic E-state index is -0.592. The third-order valence-electron chi connectivity index (χ3n) is 8.61. The topological polar surface area (TPSA) is 79.8 Å². The molecule has 1 saturated heterocycles. The normalized spacial score (nSPS) is 13.4. The number of rotatable bonds is 10. The summed E-state index contributed by atoms with van der Waals surface area (Å²) in [6.45, 7) is 13.8. The number of hydrogen-bond acceptors (Lipinski definition) is 7. The quantitative estimate of drug-likeness (QED) is 0.177. The van der Waals surface area contributed by atoms with Gasteiger partial charge in [0.1, 0.15) is 0 Å². The van der Waals surface area contributed by atoms with Gasteiger partial charge < -0.3 is 19.7 Å². The first kappa shape index (κ1) is 32.9. The maximum atomic E-state index is 15.1. The number of hydrogen-bond donors (Lipinski definition) is 1. The van der Waals surface area contributed by atoms with Crippen LogP contribution in [0.3, 0.4) is 0 Å². The maximum absolute atomic E-state index is 15.1. The second kappa shape index (κ2) is 14.7. The van der Waals surface area contributed by atoms with Crippen LogP contribution in [0.1, 0.15) is 53.5 Å². The zero-order chi connectivity index (χ0) is 32.8. The summed E-state index contributed by atoms with van der Waals surface area (Å²) >= 11 is 0. The summed E-state index contributed by atoms with van der Waals surface area (Å²) in [4.78, 5) is 26.4. The van der Waals surface area contributed by atoms with E-state index in [4.69, 9.17) is 14.5 Å². The van der Waals surface area contributed by atoms with Gasteiger partial charge in [0.25, 0.3) is 0 Å². The average molecular weight is 626 g/mol. The van der Waals surface area contributed by atoms with E-state index in [2.05, 4.69) is 29.0 Å². The first-order valence-electron chi connectivity index (χ1n) is 16.0. The second-order valence-electron chi connectivity index (χ2n) is 12.2. The van der Waals surface area contributed by atoms with Crippen LogP contribution in [0.4, 0.5) is 26.5 Å². The van der Waals surface area contributed by atoms with Crippen molar-refractivity contribution >= 4 is 23.4 Å². The number of aryl methyl sites for hydroxylation is 3. The van der Waals surface area contributed by atoms with Crippen LogP contribution in [-0.2, 0) is 0 Å². The van der Waals surface area contributed by atoms with Crippen molar-refractivity contribution in [2.45, 2.75) is 60.3 Å². The highest BCUT2D eigenvalue weighted by molar-refractivity contribution is 5.88. The molecule has 8 nitrogen and oxygen atoms in total. The molecule has 0 aliphatic carbocycles. The number of likely N-dealkylation sites (tertiary alicyclic amines) is 1. The number of ether oxygens (including phenoxy) is 2. The van der Waals surface area contributed by atoms with Crippen molar-refractivity contribution in [3.05, 3.63) is 88.2 Å². The molecular formula is C37H44FN5O3. The molecule has 1 aliphatic heterocycles. The van der Waals surface area contributed by atoms with Crippen LogP contribution in [0.5, 0.6) is 11.6 Å². The molecule has 1 aromatic heterocycles. The van der Waals surface area contributed by atoms with Gasteiger partial charge in [-0.25, -0.2) is 14.2 Å². The van der Waals surface area contributed by atoms with Gasteiger partial charge in [-0.1, -0.05) is 24.6 Å². The number of amides is 1. The Morgan fingerprint density at radius 1 is 0.913 bits per heavy atom. The third-order valence-corrected chi connectivity index (χ3v) is 8.61. The number of nitrogens with zero attached hydrogens (tertiary/aromatic N) is 4. The molecule has 1 N–H and O–H groups in total. The van der Waals surface area contributed by atoms with Crippen LogP contribution < -0.4 is 19.7 Å². The largest absolute Gasteiger partial charge is 0.490 e. The summed E-state index contributed by atoms with van der Waals surface area (Å²) in [5, 5.41) is 3.10. The minimum Gasteiger partial charge on any atom is -0.490 e. The van der Waals surface area contributed by atoms with E-state index in [9.17, 15) is 4.79 Å². The molecule has 0 atom stereocenters. The Hall–Kier alpha value is -4.50. The first-order valence-corrected chi connectivity index (χ1v) is 16.0. The predicted molar refractivity (Wildman–Crippen MR) is 182 cm³/mol. The molecule has 1 fully saturated rings. The number of carbonyl (C=O) groups is 1. The van der Waals surface area contributed by atoms with Crippen molar-refractivity contribution in [3.63, 3.8) is 0 Å². The molecular weight excluding hydrogens is 581 g/mol. The number of nitrogens with one attached hydrogen (secondary N) is 1. The third kappa shape index (κ3) is 8.20. The number of halogens is 1. The Morgan fingerprint density at radius 2 is 1.65 bits per heavy atom. The molecule has 2 heterocycles. The van der Waals surface area contributed by atoms with E-state index in [0.29, 0.717) is 23.7 Å². The van der Waals surface area contributed by atoms with E-state index >= 15 is 4.39 Å². The van der Waals surface area contributed by atoms with Gasteiger partial charge >= 0.3 is 6.09 Å². The van der Waals surface area contributed by atoms with E-state index in [0.717, 1.165) is 53.9 Å². The van der Waals surface area contributed by atoms with Crippen LogP contribution in [0, 0.1) is 40.4 Å². The molecule has 0 radical (unpaired) electrons. The smallest absolute Gasteiger partial charge is 0.420 e. The summed E-state index contributed by atoms with van der Waals surface area (Å²) in [6.07, 6.45) is 4.05. The molecule has 1 aliphatic rings. The van der Waals surface area contributed by atoms with E-state index in [1.165, 1.54) is 35.8 Å². The molecule has 9 heteroatoms. The predicted octanol–water partition coefficient (Wildman–Crippen LogP) is 8.46. The highest BCUT2D eigenvalue weighted by Gasteiger charge is 2.19. The van der Waals surface area contributed by atoms with Gasteiger partial charge in [0.2, 0.25) is 11.8 Å². The molecule has 46 heavy (non-hydrogen) atoms. The minimum absolute atomic E-state index is 0.0699. The lowest BCUT2D eigenvalue weighted by atomic mass is 9.97. The lowest BCUT2D eigenvalue weighted by Gasteiger charge is -2.26. The average Bonchev–Trinajstić information content (AvgIpc) is 3.02. The van der Waals surface area contributed by atoms with Gasteiger partial charge in [0, 0.05) is 42.7 Å². The Labute approximate surface area is 271 Å². The van der Waals surface area contributed by atoms with Crippen molar-refractivity contribution in [2.24, 2.45) is 0 Å². The number of piperidine rings is 1. The van der Waals surface area contributed by atoms with Crippen LogP contribution in [0.25, 0.3) is 11.3 Å². The summed E-state index contributed by atoms with van der Waals surface area (Å²) < 4.78 is 26.6. The summed E-state index contributed by atoms with van der Waals surface area (Å²) in [5.41, 5.74) is 8.06. The Kier molecular flexibility index (Phi) is 10.5. The number of anilines is 3. The fraction of sp³-hybridized carbons (Fsp3) is 0.378. The van der Waals surface area contributed by atoms with E-state index < -0.39 is 11.9 Å². The standard InChI is InChI=1S/C37H44FN5O3/c1-24-19-25(2)21-30(20-24)42(6)37(44)46-35-23-33(31-13-11-26(3)27(4)28(31)5)40-36(41-35)39-29-12-14-34(32(38)22-29)45-18-10-17-43-15-8-7-9-16-43/h11-14,19-23H,7-10,15-18H2,1-6H3,(H,39,40,41). The summed E-state index contributed by atoms with van der Waals surface area (Å²) in [5.74, 6) is -0.0402. The molecule has 0 spiro atoms. The van der Waals surface area contributed by atoms with Crippen LogP contribution in [0.15, 0.2) is 54.6 Å². The molecule has 0 saturated carbocycles. The molecule has 5 rings (SSSR count). The Balaban J connectivity index is 1.35. The van der Waals surface area contributed by atoms with Gasteiger partial charge in [-0.2, -0.15) is 4.98 Å². The lowest BCUT2D eigenvalue weighted by molar-refractivity contribution is 0.203. The number of aromatic nitrogens is 2. The molecule has 242 valence electrons. The fourth-order valence-electron chi connectivity index (χ4n) is 5.79.